The molecular formula is C20H28N6O. The quantitative estimate of drug-likeness (QED) is 0.847. The maximum atomic E-state index is 12.5. The number of carbonyl (C=O) groups is 1. The molecule has 0 unspecified atom stereocenters. The van der Waals surface area contributed by atoms with E-state index in [0.29, 0.717) is 18.0 Å². The third-order valence-electron chi connectivity index (χ3n) is 5.30. The first-order valence-corrected chi connectivity index (χ1v) is 10.0. The number of carbonyl (C=O) groups excluding carboxylic acids is 1. The van der Waals surface area contributed by atoms with Crippen molar-refractivity contribution < 1.29 is 4.79 Å². The minimum Gasteiger partial charge on any atom is -0.346 e. The molecule has 0 bridgehead atoms. The molecule has 1 aliphatic carbocycles. The number of hydrogen-bond acceptors (Lipinski definition) is 5. The second-order valence-electron chi connectivity index (χ2n) is 7.66. The molecule has 144 valence electrons. The smallest absolute Gasteiger partial charge is 0.255 e. The van der Waals surface area contributed by atoms with Gasteiger partial charge in [-0.3, -0.25) is 14.4 Å². The summed E-state index contributed by atoms with van der Waals surface area (Å²) in [5.41, 5.74) is 3.44. The Balaban J connectivity index is 1.39. The van der Waals surface area contributed by atoms with Crippen LogP contribution in [0.25, 0.3) is 0 Å². The van der Waals surface area contributed by atoms with Gasteiger partial charge >= 0.3 is 0 Å². The van der Waals surface area contributed by atoms with E-state index in [4.69, 9.17) is 0 Å². The van der Waals surface area contributed by atoms with Gasteiger partial charge in [-0.15, -0.1) is 0 Å². The van der Waals surface area contributed by atoms with E-state index in [0.717, 1.165) is 69.1 Å². The number of aryl methyl sites for hydroxylation is 2. The van der Waals surface area contributed by atoms with Crippen molar-refractivity contribution in [3.05, 3.63) is 40.7 Å². The van der Waals surface area contributed by atoms with Gasteiger partial charge in [0.15, 0.2) is 0 Å². The highest BCUT2D eigenvalue weighted by molar-refractivity contribution is 5.94. The average molecular weight is 368 g/mol. The van der Waals surface area contributed by atoms with Gasteiger partial charge in [-0.2, -0.15) is 5.10 Å². The normalized spacial score (nSPS) is 17.4. The molecule has 7 heteroatoms. The summed E-state index contributed by atoms with van der Waals surface area (Å²) in [6.45, 7) is 8.64. The predicted molar refractivity (Wildman–Crippen MR) is 102 cm³/mol. The molecule has 2 aromatic rings. The van der Waals surface area contributed by atoms with E-state index in [-0.39, 0.29) is 5.91 Å². The van der Waals surface area contributed by atoms with Gasteiger partial charge in [0.25, 0.3) is 5.91 Å². The number of rotatable bonds is 6. The largest absolute Gasteiger partial charge is 0.346 e. The van der Waals surface area contributed by atoms with Crippen molar-refractivity contribution in [3.63, 3.8) is 0 Å². The molecule has 0 radical (unpaired) electrons. The zero-order chi connectivity index (χ0) is 18.8. The molecule has 7 nitrogen and oxygen atoms in total. The third kappa shape index (κ3) is 4.18. The molecule has 27 heavy (non-hydrogen) atoms. The van der Waals surface area contributed by atoms with Gasteiger partial charge in [0.1, 0.15) is 5.82 Å². The Morgan fingerprint density at radius 1 is 1.33 bits per heavy atom. The van der Waals surface area contributed by atoms with Crippen LogP contribution >= 0.6 is 0 Å². The fourth-order valence-electron chi connectivity index (χ4n) is 3.69. The fourth-order valence-corrected chi connectivity index (χ4v) is 3.69. The Hall–Kier alpha value is -2.28. The number of hydrogen-bond donors (Lipinski definition) is 1. The van der Waals surface area contributed by atoms with Crippen molar-refractivity contribution >= 4 is 5.91 Å². The number of nitrogens with one attached hydrogen (secondary N) is 1. The molecule has 1 amide bonds. The Kier molecular flexibility index (Phi) is 5.20. The maximum Gasteiger partial charge on any atom is 0.255 e. The molecule has 1 N–H and O–H groups in total. The van der Waals surface area contributed by atoms with E-state index in [1.807, 2.05) is 6.92 Å². The van der Waals surface area contributed by atoms with E-state index in [1.165, 1.54) is 5.69 Å². The molecule has 0 spiro atoms. The van der Waals surface area contributed by atoms with Crippen molar-refractivity contribution in [2.75, 3.05) is 13.1 Å². The van der Waals surface area contributed by atoms with Crippen LogP contribution in [0.15, 0.2) is 12.3 Å². The molecule has 1 saturated carbocycles. The van der Waals surface area contributed by atoms with Crippen LogP contribution in [-0.4, -0.2) is 43.6 Å². The lowest BCUT2D eigenvalue weighted by Gasteiger charge is -2.17. The van der Waals surface area contributed by atoms with Crippen LogP contribution in [0.5, 0.6) is 0 Å². The molecule has 1 aliphatic heterocycles. The van der Waals surface area contributed by atoms with Gasteiger partial charge in [0.05, 0.1) is 29.2 Å². The van der Waals surface area contributed by atoms with Gasteiger partial charge in [0.2, 0.25) is 0 Å². The molecule has 1 fully saturated rings. The van der Waals surface area contributed by atoms with Crippen LogP contribution in [0.1, 0.15) is 71.8 Å². The lowest BCUT2D eigenvalue weighted by molar-refractivity contribution is 0.0949. The molecule has 0 saturated heterocycles. The molecule has 0 aromatic carbocycles. The number of nitrogens with zero attached hydrogens (tertiary/aromatic N) is 5. The zero-order valence-corrected chi connectivity index (χ0v) is 16.2. The minimum atomic E-state index is -0.134. The van der Waals surface area contributed by atoms with E-state index in [9.17, 15) is 4.79 Å². The van der Waals surface area contributed by atoms with Crippen LogP contribution in [0.4, 0.5) is 0 Å². The second-order valence-corrected chi connectivity index (χ2v) is 7.66. The first kappa shape index (κ1) is 18.1. The van der Waals surface area contributed by atoms with Gasteiger partial charge in [0, 0.05) is 31.7 Å². The Labute approximate surface area is 160 Å². The Morgan fingerprint density at radius 3 is 2.93 bits per heavy atom. The summed E-state index contributed by atoms with van der Waals surface area (Å²) in [5.74, 6) is 1.23. The summed E-state index contributed by atoms with van der Waals surface area (Å²) in [6.07, 6.45) is 6.26. The molecule has 3 heterocycles. The SMILES string of the molecule is CCCN1CCCn2nc(CNC(=O)c3cnc(C4CC4)nc3C)cc2C1. The number of amides is 1. The summed E-state index contributed by atoms with van der Waals surface area (Å²) in [7, 11) is 0. The van der Waals surface area contributed by atoms with Crippen molar-refractivity contribution in [2.24, 2.45) is 0 Å². The van der Waals surface area contributed by atoms with Crippen molar-refractivity contribution in [2.45, 2.75) is 65.1 Å². The molecule has 0 atom stereocenters. The summed E-state index contributed by atoms with van der Waals surface area (Å²) in [5, 5.41) is 7.66. The van der Waals surface area contributed by atoms with E-state index >= 15 is 0 Å². The molecule has 2 aromatic heterocycles. The third-order valence-corrected chi connectivity index (χ3v) is 5.30. The van der Waals surface area contributed by atoms with Crippen LogP contribution in [0.2, 0.25) is 0 Å². The second kappa shape index (κ2) is 7.76. The van der Waals surface area contributed by atoms with E-state index in [1.54, 1.807) is 6.20 Å². The van der Waals surface area contributed by atoms with Crippen LogP contribution < -0.4 is 5.32 Å². The van der Waals surface area contributed by atoms with Gasteiger partial charge in [-0.1, -0.05) is 6.92 Å². The van der Waals surface area contributed by atoms with Crippen LogP contribution in [0.3, 0.4) is 0 Å². The van der Waals surface area contributed by atoms with E-state index < -0.39 is 0 Å². The fraction of sp³-hybridized carbons (Fsp3) is 0.600. The minimum absolute atomic E-state index is 0.134. The topological polar surface area (TPSA) is 75.9 Å². The van der Waals surface area contributed by atoms with Crippen molar-refractivity contribution in [1.82, 2.24) is 30.0 Å². The average Bonchev–Trinajstić information content (AvgIpc) is 3.45. The standard InChI is InChI=1S/C20H28N6O/c1-3-7-25-8-4-9-26-17(13-25)10-16(24-26)11-22-20(27)18-12-21-19(15-5-6-15)23-14(18)2/h10,12,15H,3-9,11,13H2,1-2H3,(H,22,27). The van der Waals surface area contributed by atoms with Gasteiger partial charge in [-0.25, -0.2) is 9.97 Å². The summed E-state index contributed by atoms with van der Waals surface area (Å²) < 4.78 is 2.09. The molecule has 4 rings (SSSR count). The monoisotopic (exact) mass is 368 g/mol. The highest BCUT2D eigenvalue weighted by Gasteiger charge is 2.27. The van der Waals surface area contributed by atoms with Crippen molar-refractivity contribution in [1.29, 1.82) is 0 Å². The van der Waals surface area contributed by atoms with Gasteiger partial charge in [-0.05, 0) is 45.2 Å². The highest BCUT2D eigenvalue weighted by Crippen LogP contribution is 2.37. The Bertz CT molecular complexity index is 826. The molecule has 2 aliphatic rings. The highest BCUT2D eigenvalue weighted by atomic mass is 16.1. The maximum absolute atomic E-state index is 12.5. The first-order chi connectivity index (χ1) is 13.1. The Morgan fingerprint density at radius 2 is 2.19 bits per heavy atom. The van der Waals surface area contributed by atoms with Crippen LogP contribution in [0, 0.1) is 6.92 Å². The summed E-state index contributed by atoms with van der Waals surface area (Å²) >= 11 is 0. The first-order valence-electron chi connectivity index (χ1n) is 10.0. The molecular weight excluding hydrogens is 340 g/mol. The zero-order valence-electron chi connectivity index (χ0n) is 16.2. The lowest BCUT2D eigenvalue weighted by Crippen LogP contribution is -2.25. The van der Waals surface area contributed by atoms with Gasteiger partial charge < -0.3 is 5.32 Å². The number of fused-ring (bicyclic) bond motifs is 1. The summed E-state index contributed by atoms with van der Waals surface area (Å²) in [6, 6.07) is 2.12. The summed E-state index contributed by atoms with van der Waals surface area (Å²) in [4.78, 5) is 23.9. The predicted octanol–water partition coefficient (Wildman–Crippen LogP) is 2.40. The van der Waals surface area contributed by atoms with E-state index in [2.05, 4.69) is 43.0 Å². The van der Waals surface area contributed by atoms with Crippen LogP contribution in [-0.2, 0) is 19.6 Å². The van der Waals surface area contributed by atoms with Crippen molar-refractivity contribution in [3.8, 4) is 0 Å². The lowest BCUT2D eigenvalue weighted by atomic mass is 10.2. The number of aromatic nitrogens is 4.